The summed E-state index contributed by atoms with van der Waals surface area (Å²) in [5.74, 6) is 0.232. The number of ketones is 1. The van der Waals surface area contributed by atoms with E-state index < -0.39 is 0 Å². The van der Waals surface area contributed by atoms with Crippen LogP contribution in [0.5, 0.6) is 5.75 Å². The van der Waals surface area contributed by atoms with Crippen molar-refractivity contribution in [3.05, 3.63) is 65.9 Å². The summed E-state index contributed by atoms with van der Waals surface area (Å²) < 4.78 is 6.73. The highest BCUT2D eigenvalue weighted by Gasteiger charge is 2.24. The Labute approximate surface area is 140 Å². The number of ether oxygens (including phenoxy) is 1. The first-order valence-corrected chi connectivity index (χ1v) is 7.54. The first kappa shape index (κ1) is 15.8. The molecule has 0 radical (unpaired) electrons. The van der Waals surface area contributed by atoms with Crippen molar-refractivity contribution < 1.29 is 14.3 Å². The van der Waals surface area contributed by atoms with Crippen LogP contribution in [-0.4, -0.2) is 42.5 Å². The van der Waals surface area contributed by atoms with Crippen LogP contribution in [0.1, 0.15) is 16.1 Å². The molecular formula is C19H18N2O3. The van der Waals surface area contributed by atoms with Gasteiger partial charge in [-0.05, 0) is 24.3 Å². The van der Waals surface area contributed by atoms with E-state index in [4.69, 9.17) is 4.74 Å². The molecule has 1 aromatic heterocycles. The Bertz CT molecular complexity index is 925. The predicted octanol–water partition coefficient (Wildman–Crippen LogP) is 3.41. The highest BCUT2D eigenvalue weighted by atomic mass is 16.5. The number of hydrogen-bond acceptors (Lipinski definition) is 3. The molecule has 1 amide bonds. The molecule has 2 aromatic carbocycles. The van der Waals surface area contributed by atoms with E-state index >= 15 is 0 Å². The summed E-state index contributed by atoms with van der Waals surface area (Å²) in [4.78, 5) is 27.2. The summed E-state index contributed by atoms with van der Waals surface area (Å²) in [7, 11) is 4.84. The fourth-order valence-corrected chi connectivity index (χ4v) is 2.70. The second-order valence-corrected chi connectivity index (χ2v) is 5.63. The van der Waals surface area contributed by atoms with Gasteiger partial charge in [-0.2, -0.15) is 0 Å². The molecule has 0 N–H and O–H groups in total. The SMILES string of the molecule is COc1ccccc1C(=O)c1cc2ccccc2n1C(=O)N(C)C. The first-order valence-electron chi connectivity index (χ1n) is 7.54. The van der Waals surface area contributed by atoms with Crippen LogP contribution >= 0.6 is 0 Å². The molecule has 1 heterocycles. The van der Waals surface area contributed by atoms with E-state index in [2.05, 4.69) is 0 Å². The Kier molecular flexibility index (Phi) is 4.08. The van der Waals surface area contributed by atoms with E-state index in [1.165, 1.54) is 16.6 Å². The Morgan fingerprint density at radius 2 is 1.67 bits per heavy atom. The molecule has 0 unspecified atom stereocenters. The van der Waals surface area contributed by atoms with Crippen molar-refractivity contribution in [2.75, 3.05) is 21.2 Å². The van der Waals surface area contributed by atoms with Gasteiger partial charge in [0, 0.05) is 19.5 Å². The summed E-state index contributed by atoms with van der Waals surface area (Å²) >= 11 is 0. The lowest BCUT2D eigenvalue weighted by atomic mass is 10.1. The lowest BCUT2D eigenvalue weighted by Crippen LogP contribution is -2.29. The van der Waals surface area contributed by atoms with Gasteiger partial charge in [-0.25, -0.2) is 4.79 Å². The topological polar surface area (TPSA) is 51.5 Å². The fraction of sp³-hybridized carbons (Fsp3) is 0.158. The maximum absolute atomic E-state index is 13.1. The molecule has 122 valence electrons. The molecule has 3 rings (SSSR count). The normalized spacial score (nSPS) is 10.6. The molecule has 0 spiro atoms. The molecule has 0 saturated carbocycles. The summed E-state index contributed by atoms with van der Waals surface area (Å²) in [5.41, 5.74) is 1.45. The van der Waals surface area contributed by atoms with Crippen LogP contribution in [0.4, 0.5) is 4.79 Å². The summed E-state index contributed by atoms with van der Waals surface area (Å²) in [6, 6.07) is 15.9. The number of para-hydroxylation sites is 2. The third-order valence-electron chi connectivity index (χ3n) is 3.87. The zero-order valence-electron chi connectivity index (χ0n) is 13.8. The number of nitrogens with zero attached hydrogens (tertiary/aromatic N) is 2. The molecule has 0 aliphatic heterocycles. The van der Waals surface area contributed by atoms with Crippen LogP contribution in [0, 0.1) is 0 Å². The van der Waals surface area contributed by atoms with Gasteiger partial charge in [0.15, 0.2) is 0 Å². The number of carbonyl (C=O) groups excluding carboxylic acids is 2. The Morgan fingerprint density at radius 1 is 1.00 bits per heavy atom. The van der Waals surface area contributed by atoms with Gasteiger partial charge >= 0.3 is 6.03 Å². The number of aromatic nitrogens is 1. The lowest BCUT2D eigenvalue weighted by Gasteiger charge is -2.15. The lowest BCUT2D eigenvalue weighted by molar-refractivity contribution is 0.102. The molecule has 24 heavy (non-hydrogen) atoms. The predicted molar refractivity (Wildman–Crippen MR) is 92.8 cm³/mol. The van der Waals surface area contributed by atoms with Gasteiger partial charge in [-0.3, -0.25) is 9.36 Å². The van der Waals surface area contributed by atoms with Crippen LogP contribution in [0.2, 0.25) is 0 Å². The number of amides is 1. The molecule has 0 aliphatic rings. The van der Waals surface area contributed by atoms with Crippen molar-refractivity contribution in [3.8, 4) is 5.75 Å². The van der Waals surface area contributed by atoms with Crippen LogP contribution in [0.25, 0.3) is 10.9 Å². The van der Waals surface area contributed by atoms with E-state index in [0.29, 0.717) is 22.5 Å². The number of fused-ring (bicyclic) bond motifs is 1. The van der Waals surface area contributed by atoms with E-state index in [-0.39, 0.29) is 11.8 Å². The van der Waals surface area contributed by atoms with Crippen LogP contribution in [-0.2, 0) is 0 Å². The van der Waals surface area contributed by atoms with Crippen molar-refractivity contribution >= 4 is 22.7 Å². The minimum absolute atomic E-state index is 0.251. The molecule has 0 aliphatic carbocycles. The maximum Gasteiger partial charge on any atom is 0.328 e. The number of rotatable bonds is 3. The van der Waals surface area contributed by atoms with Crippen molar-refractivity contribution in [2.24, 2.45) is 0 Å². The van der Waals surface area contributed by atoms with Crippen molar-refractivity contribution in [2.45, 2.75) is 0 Å². The van der Waals surface area contributed by atoms with Gasteiger partial charge in [0.05, 0.1) is 23.9 Å². The second kappa shape index (κ2) is 6.20. The Balaban J connectivity index is 2.24. The highest BCUT2D eigenvalue weighted by Crippen LogP contribution is 2.26. The van der Waals surface area contributed by atoms with Gasteiger partial charge in [0.1, 0.15) is 5.75 Å². The number of carbonyl (C=O) groups is 2. The number of methoxy groups -OCH3 is 1. The highest BCUT2D eigenvalue weighted by molar-refractivity contribution is 6.14. The van der Waals surface area contributed by atoms with Gasteiger partial charge in [-0.1, -0.05) is 30.3 Å². The fourth-order valence-electron chi connectivity index (χ4n) is 2.70. The average Bonchev–Trinajstić information content (AvgIpc) is 2.99. The largest absolute Gasteiger partial charge is 0.496 e. The smallest absolute Gasteiger partial charge is 0.328 e. The summed E-state index contributed by atoms with van der Waals surface area (Å²) in [6.45, 7) is 0. The number of benzene rings is 2. The van der Waals surface area contributed by atoms with E-state index in [1.807, 2.05) is 24.3 Å². The monoisotopic (exact) mass is 322 g/mol. The third-order valence-corrected chi connectivity index (χ3v) is 3.87. The van der Waals surface area contributed by atoms with Crippen LogP contribution in [0.3, 0.4) is 0 Å². The van der Waals surface area contributed by atoms with Gasteiger partial charge in [0.2, 0.25) is 5.78 Å². The summed E-state index contributed by atoms with van der Waals surface area (Å²) in [5, 5.41) is 0.839. The van der Waals surface area contributed by atoms with Gasteiger partial charge in [0.25, 0.3) is 0 Å². The quantitative estimate of drug-likeness (QED) is 0.694. The molecule has 0 fully saturated rings. The van der Waals surface area contributed by atoms with Crippen molar-refractivity contribution in [1.29, 1.82) is 0 Å². The molecule has 5 nitrogen and oxygen atoms in total. The standard InChI is InChI=1S/C19H18N2O3/c1-20(2)19(23)21-15-10-6-4-8-13(15)12-16(21)18(22)14-9-5-7-11-17(14)24-3/h4-12H,1-3H3. The minimum Gasteiger partial charge on any atom is -0.496 e. The second-order valence-electron chi connectivity index (χ2n) is 5.63. The van der Waals surface area contributed by atoms with Crippen molar-refractivity contribution in [3.63, 3.8) is 0 Å². The average molecular weight is 322 g/mol. The molecule has 3 aromatic rings. The number of hydrogen-bond donors (Lipinski definition) is 0. The molecular weight excluding hydrogens is 304 g/mol. The first-order chi connectivity index (χ1) is 11.5. The molecule has 0 saturated heterocycles. The van der Waals surface area contributed by atoms with Gasteiger partial charge in [-0.15, -0.1) is 0 Å². The van der Waals surface area contributed by atoms with E-state index in [0.717, 1.165) is 5.39 Å². The van der Waals surface area contributed by atoms with Gasteiger partial charge < -0.3 is 9.64 Å². The molecule has 0 bridgehead atoms. The van der Waals surface area contributed by atoms with Crippen LogP contribution in [0.15, 0.2) is 54.6 Å². The van der Waals surface area contributed by atoms with Crippen LogP contribution < -0.4 is 4.74 Å². The zero-order valence-corrected chi connectivity index (χ0v) is 13.8. The zero-order chi connectivity index (χ0) is 17.3. The molecule has 5 heteroatoms. The maximum atomic E-state index is 13.1. The van der Waals surface area contributed by atoms with E-state index in [1.54, 1.807) is 44.4 Å². The Hall–Kier alpha value is -3.08. The minimum atomic E-state index is -0.269. The molecule has 0 atom stereocenters. The summed E-state index contributed by atoms with van der Waals surface area (Å²) in [6.07, 6.45) is 0. The third kappa shape index (κ3) is 2.54. The van der Waals surface area contributed by atoms with E-state index in [9.17, 15) is 9.59 Å². The Morgan fingerprint density at radius 3 is 2.38 bits per heavy atom. The van der Waals surface area contributed by atoms with Crippen molar-refractivity contribution in [1.82, 2.24) is 9.47 Å².